The smallest absolute Gasteiger partial charge is 0.252 e. The molecule has 0 bridgehead atoms. The molecule has 1 saturated carbocycles. The SMILES string of the molecule is O=C(NCCNC(=O)C1CC1)c1ccccc1S. The third-order valence-corrected chi connectivity index (χ3v) is 3.20. The van der Waals surface area contributed by atoms with Crippen LogP contribution in [-0.4, -0.2) is 24.9 Å². The highest BCUT2D eigenvalue weighted by molar-refractivity contribution is 7.80. The van der Waals surface area contributed by atoms with Gasteiger partial charge in [0.15, 0.2) is 0 Å². The van der Waals surface area contributed by atoms with Crippen molar-refractivity contribution in [3.05, 3.63) is 29.8 Å². The fourth-order valence-corrected chi connectivity index (χ4v) is 1.87. The maximum Gasteiger partial charge on any atom is 0.252 e. The first-order valence-corrected chi connectivity index (χ1v) is 6.47. The van der Waals surface area contributed by atoms with E-state index < -0.39 is 0 Å². The van der Waals surface area contributed by atoms with Crippen LogP contribution < -0.4 is 10.6 Å². The minimum absolute atomic E-state index is 0.0962. The zero-order valence-electron chi connectivity index (χ0n) is 9.98. The monoisotopic (exact) mass is 264 g/mol. The molecule has 2 rings (SSSR count). The van der Waals surface area contributed by atoms with Gasteiger partial charge in [-0.15, -0.1) is 12.6 Å². The molecule has 96 valence electrons. The van der Waals surface area contributed by atoms with Crippen LogP contribution in [0.4, 0.5) is 0 Å². The molecule has 1 fully saturated rings. The van der Waals surface area contributed by atoms with Gasteiger partial charge >= 0.3 is 0 Å². The van der Waals surface area contributed by atoms with Crippen molar-refractivity contribution in [2.24, 2.45) is 5.92 Å². The molecule has 2 amide bonds. The highest BCUT2D eigenvalue weighted by Gasteiger charge is 2.28. The van der Waals surface area contributed by atoms with Gasteiger partial charge in [-0.3, -0.25) is 9.59 Å². The van der Waals surface area contributed by atoms with E-state index in [0.29, 0.717) is 23.5 Å². The standard InChI is InChI=1S/C13H16N2O2S/c16-12(9-5-6-9)14-7-8-15-13(17)10-3-1-2-4-11(10)18/h1-4,9,18H,5-8H2,(H,14,16)(H,15,17). The molecular formula is C13H16N2O2S. The molecule has 1 aromatic carbocycles. The average Bonchev–Trinajstić information content (AvgIpc) is 3.19. The van der Waals surface area contributed by atoms with Crippen LogP contribution in [-0.2, 0) is 4.79 Å². The maximum absolute atomic E-state index is 11.8. The second kappa shape index (κ2) is 5.91. The number of thiol groups is 1. The predicted molar refractivity (Wildman–Crippen MR) is 71.8 cm³/mol. The summed E-state index contributed by atoms with van der Waals surface area (Å²) in [7, 11) is 0. The number of benzene rings is 1. The molecule has 0 radical (unpaired) electrons. The van der Waals surface area contributed by atoms with Crippen molar-refractivity contribution < 1.29 is 9.59 Å². The lowest BCUT2D eigenvalue weighted by molar-refractivity contribution is -0.122. The Balaban J connectivity index is 1.71. The van der Waals surface area contributed by atoms with E-state index >= 15 is 0 Å². The molecule has 18 heavy (non-hydrogen) atoms. The molecular weight excluding hydrogens is 248 g/mol. The van der Waals surface area contributed by atoms with E-state index in [2.05, 4.69) is 23.3 Å². The van der Waals surface area contributed by atoms with Crippen molar-refractivity contribution in [3.63, 3.8) is 0 Å². The van der Waals surface area contributed by atoms with Gasteiger partial charge in [0, 0.05) is 23.9 Å². The van der Waals surface area contributed by atoms with Gasteiger partial charge in [0.25, 0.3) is 5.91 Å². The molecule has 2 N–H and O–H groups in total. The topological polar surface area (TPSA) is 58.2 Å². The van der Waals surface area contributed by atoms with Crippen molar-refractivity contribution in [1.82, 2.24) is 10.6 Å². The summed E-state index contributed by atoms with van der Waals surface area (Å²) in [5, 5.41) is 5.55. The van der Waals surface area contributed by atoms with Gasteiger partial charge in [-0.2, -0.15) is 0 Å². The molecule has 1 aliphatic carbocycles. The van der Waals surface area contributed by atoms with Crippen LogP contribution in [0.3, 0.4) is 0 Å². The summed E-state index contributed by atoms with van der Waals surface area (Å²) in [6.45, 7) is 0.898. The van der Waals surface area contributed by atoms with Crippen molar-refractivity contribution >= 4 is 24.4 Å². The van der Waals surface area contributed by atoms with Crippen LogP contribution >= 0.6 is 12.6 Å². The summed E-state index contributed by atoms with van der Waals surface area (Å²) in [5.74, 6) is 0.138. The number of amides is 2. The first-order valence-electron chi connectivity index (χ1n) is 6.02. The van der Waals surface area contributed by atoms with Crippen LogP contribution in [0.2, 0.25) is 0 Å². The molecule has 1 aliphatic rings. The maximum atomic E-state index is 11.8. The van der Waals surface area contributed by atoms with Gasteiger partial charge in [-0.25, -0.2) is 0 Å². The molecule has 0 unspecified atom stereocenters. The second-order valence-electron chi connectivity index (χ2n) is 4.34. The molecule has 0 atom stereocenters. The Bertz CT molecular complexity index is 458. The van der Waals surface area contributed by atoms with E-state index in [9.17, 15) is 9.59 Å². The van der Waals surface area contributed by atoms with E-state index in [4.69, 9.17) is 0 Å². The fourth-order valence-electron chi connectivity index (χ4n) is 1.61. The van der Waals surface area contributed by atoms with E-state index in [1.54, 1.807) is 18.2 Å². The predicted octanol–water partition coefficient (Wildman–Crippen LogP) is 1.23. The molecule has 0 aromatic heterocycles. The van der Waals surface area contributed by atoms with Gasteiger partial charge in [-0.1, -0.05) is 12.1 Å². The molecule has 0 aliphatic heterocycles. The lowest BCUT2D eigenvalue weighted by Gasteiger charge is -2.08. The molecule has 4 nitrogen and oxygen atoms in total. The van der Waals surface area contributed by atoms with Crippen molar-refractivity contribution in [1.29, 1.82) is 0 Å². The van der Waals surface area contributed by atoms with Gasteiger partial charge in [0.05, 0.1) is 5.56 Å². The van der Waals surface area contributed by atoms with Crippen LogP contribution in [0.15, 0.2) is 29.2 Å². The Labute approximate surface area is 112 Å². The number of hydrogen-bond donors (Lipinski definition) is 3. The van der Waals surface area contributed by atoms with E-state index in [0.717, 1.165) is 12.8 Å². The molecule has 5 heteroatoms. The normalized spacial score (nSPS) is 14.1. The third kappa shape index (κ3) is 3.50. The first kappa shape index (κ1) is 13.0. The lowest BCUT2D eigenvalue weighted by atomic mass is 10.2. The summed E-state index contributed by atoms with van der Waals surface area (Å²) in [6.07, 6.45) is 1.98. The Morgan fingerprint density at radius 3 is 2.50 bits per heavy atom. The summed E-state index contributed by atoms with van der Waals surface area (Å²) < 4.78 is 0. The van der Waals surface area contributed by atoms with Crippen molar-refractivity contribution in [2.45, 2.75) is 17.7 Å². The van der Waals surface area contributed by atoms with Crippen LogP contribution in [0.25, 0.3) is 0 Å². The average molecular weight is 264 g/mol. The molecule has 1 aromatic rings. The Kier molecular flexibility index (Phi) is 4.25. The number of rotatable bonds is 5. The van der Waals surface area contributed by atoms with Gasteiger partial charge in [0.1, 0.15) is 0 Å². The second-order valence-corrected chi connectivity index (χ2v) is 4.82. The summed E-state index contributed by atoms with van der Waals surface area (Å²) in [6, 6.07) is 7.12. The number of carbonyl (C=O) groups excluding carboxylic acids is 2. The highest BCUT2D eigenvalue weighted by atomic mass is 32.1. The quantitative estimate of drug-likeness (QED) is 0.553. The van der Waals surface area contributed by atoms with E-state index in [1.807, 2.05) is 6.07 Å². The number of hydrogen-bond acceptors (Lipinski definition) is 3. The third-order valence-electron chi connectivity index (χ3n) is 2.81. The van der Waals surface area contributed by atoms with Gasteiger partial charge in [0.2, 0.25) is 5.91 Å². The van der Waals surface area contributed by atoms with Crippen molar-refractivity contribution in [2.75, 3.05) is 13.1 Å². The van der Waals surface area contributed by atoms with E-state index in [1.165, 1.54) is 0 Å². The molecule has 0 saturated heterocycles. The Hall–Kier alpha value is -1.49. The summed E-state index contributed by atoms with van der Waals surface area (Å²) >= 11 is 4.22. The van der Waals surface area contributed by atoms with E-state index in [-0.39, 0.29) is 17.7 Å². The highest BCUT2D eigenvalue weighted by Crippen LogP contribution is 2.28. The van der Waals surface area contributed by atoms with Gasteiger partial charge in [-0.05, 0) is 25.0 Å². The minimum Gasteiger partial charge on any atom is -0.354 e. The Morgan fingerprint density at radius 2 is 1.83 bits per heavy atom. The number of nitrogens with one attached hydrogen (secondary N) is 2. The van der Waals surface area contributed by atoms with Gasteiger partial charge < -0.3 is 10.6 Å². The summed E-state index contributed by atoms with van der Waals surface area (Å²) in [4.78, 5) is 23.8. The van der Waals surface area contributed by atoms with Crippen LogP contribution in [0, 0.1) is 5.92 Å². The number of carbonyl (C=O) groups is 2. The Morgan fingerprint density at radius 1 is 1.17 bits per heavy atom. The zero-order valence-corrected chi connectivity index (χ0v) is 10.9. The summed E-state index contributed by atoms with van der Waals surface area (Å²) in [5.41, 5.74) is 0.550. The zero-order chi connectivity index (χ0) is 13.0. The minimum atomic E-state index is -0.165. The first-order chi connectivity index (χ1) is 8.68. The lowest BCUT2D eigenvalue weighted by Crippen LogP contribution is -2.35. The van der Waals surface area contributed by atoms with Crippen LogP contribution in [0.5, 0.6) is 0 Å². The van der Waals surface area contributed by atoms with Crippen molar-refractivity contribution in [3.8, 4) is 0 Å². The van der Waals surface area contributed by atoms with Crippen LogP contribution in [0.1, 0.15) is 23.2 Å². The molecule has 0 spiro atoms. The largest absolute Gasteiger partial charge is 0.354 e. The fraction of sp³-hybridized carbons (Fsp3) is 0.385. The molecule has 0 heterocycles.